The molecule has 2 aromatic carbocycles. The molecule has 0 aromatic heterocycles. The Kier molecular flexibility index (Phi) is 4.37. The Morgan fingerprint density at radius 2 is 2.00 bits per heavy atom. The fourth-order valence-corrected chi connectivity index (χ4v) is 3.49. The summed E-state index contributed by atoms with van der Waals surface area (Å²) in [5.41, 5.74) is 8.05. The average molecular weight is 342 g/mol. The summed E-state index contributed by atoms with van der Waals surface area (Å²) >= 11 is 3.13. The quantitative estimate of drug-likeness (QED) is 0.863. The van der Waals surface area contributed by atoms with Crippen LogP contribution in [0.25, 0.3) is 0 Å². The molecule has 1 unspecified atom stereocenters. The van der Waals surface area contributed by atoms with Crippen LogP contribution in [0.1, 0.15) is 11.1 Å². The van der Waals surface area contributed by atoms with Crippen molar-refractivity contribution in [3.63, 3.8) is 0 Å². The van der Waals surface area contributed by atoms with Gasteiger partial charge in [-0.1, -0.05) is 6.07 Å². The van der Waals surface area contributed by atoms with Crippen LogP contribution >= 0.6 is 15.9 Å². The van der Waals surface area contributed by atoms with E-state index in [0.29, 0.717) is 15.9 Å². The lowest BCUT2D eigenvalue weighted by Gasteiger charge is -2.07. The normalized spacial score (nSPS) is 12.4. The number of nitrogens with two attached hydrogens (primary N) is 1. The Labute approximate surface area is 122 Å². The van der Waals surface area contributed by atoms with Crippen LogP contribution in [0, 0.1) is 12.7 Å². The number of hydrogen-bond acceptors (Lipinski definition) is 2. The van der Waals surface area contributed by atoms with E-state index >= 15 is 0 Å². The zero-order valence-corrected chi connectivity index (χ0v) is 12.7. The monoisotopic (exact) mass is 341 g/mol. The molecular weight excluding hydrogens is 329 g/mol. The first-order valence-corrected chi connectivity index (χ1v) is 7.77. The van der Waals surface area contributed by atoms with Crippen molar-refractivity contribution in [3.8, 4) is 0 Å². The summed E-state index contributed by atoms with van der Waals surface area (Å²) in [5, 5.41) is 0. The Bertz CT molecular complexity index is 645. The highest BCUT2D eigenvalue weighted by molar-refractivity contribution is 9.10. The fourth-order valence-electron chi connectivity index (χ4n) is 1.79. The first-order valence-electron chi connectivity index (χ1n) is 5.66. The molecule has 0 bridgehead atoms. The van der Waals surface area contributed by atoms with Crippen LogP contribution < -0.4 is 5.73 Å². The molecule has 19 heavy (non-hydrogen) atoms. The Balaban J connectivity index is 2.23. The largest absolute Gasteiger partial charge is 0.399 e. The summed E-state index contributed by atoms with van der Waals surface area (Å²) in [4.78, 5) is 0.759. The van der Waals surface area contributed by atoms with Crippen LogP contribution in [0.15, 0.2) is 45.8 Å². The van der Waals surface area contributed by atoms with Gasteiger partial charge in [-0.25, -0.2) is 4.39 Å². The van der Waals surface area contributed by atoms with Crippen molar-refractivity contribution in [1.82, 2.24) is 0 Å². The van der Waals surface area contributed by atoms with Crippen molar-refractivity contribution >= 4 is 32.4 Å². The summed E-state index contributed by atoms with van der Waals surface area (Å²) < 4.78 is 25.8. The third-order valence-corrected chi connectivity index (χ3v) is 4.88. The van der Waals surface area contributed by atoms with Crippen molar-refractivity contribution < 1.29 is 8.60 Å². The summed E-state index contributed by atoms with van der Waals surface area (Å²) in [5.74, 6) is 0.0297. The second-order valence-corrected chi connectivity index (χ2v) is 6.54. The summed E-state index contributed by atoms with van der Waals surface area (Å²) in [6, 6.07) is 9.98. The molecule has 0 radical (unpaired) electrons. The third-order valence-electron chi connectivity index (χ3n) is 2.73. The van der Waals surface area contributed by atoms with Crippen molar-refractivity contribution in [2.45, 2.75) is 17.6 Å². The van der Waals surface area contributed by atoms with E-state index in [1.54, 1.807) is 30.3 Å². The summed E-state index contributed by atoms with van der Waals surface area (Å²) in [7, 11) is -1.17. The summed E-state index contributed by atoms with van der Waals surface area (Å²) in [6.07, 6.45) is 0. The first-order chi connectivity index (χ1) is 8.97. The lowest BCUT2D eigenvalue weighted by molar-refractivity contribution is 0.620. The van der Waals surface area contributed by atoms with Gasteiger partial charge in [-0.3, -0.25) is 4.21 Å². The number of nitrogen functional groups attached to an aromatic ring is 1. The highest BCUT2D eigenvalue weighted by Crippen LogP contribution is 2.22. The van der Waals surface area contributed by atoms with Gasteiger partial charge in [0.2, 0.25) is 0 Å². The maximum Gasteiger partial charge on any atom is 0.137 e. The SMILES string of the molecule is Cc1cc(N)ccc1S(=O)Cc1ccc(F)c(Br)c1. The van der Waals surface area contributed by atoms with Crippen molar-refractivity contribution in [2.75, 3.05) is 5.73 Å². The van der Waals surface area contributed by atoms with E-state index in [0.717, 1.165) is 16.0 Å². The van der Waals surface area contributed by atoms with Crippen LogP contribution in [0.2, 0.25) is 0 Å². The predicted molar refractivity (Wildman–Crippen MR) is 79.8 cm³/mol. The molecule has 2 nitrogen and oxygen atoms in total. The van der Waals surface area contributed by atoms with Crippen LogP contribution in [0.5, 0.6) is 0 Å². The lowest BCUT2D eigenvalue weighted by Crippen LogP contribution is -2.00. The zero-order valence-electron chi connectivity index (χ0n) is 10.3. The van der Waals surface area contributed by atoms with Gasteiger partial charge in [0.15, 0.2) is 0 Å². The molecule has 100 valence electrons. The average Bonchev–Trinajstić information content (AvgIpc) is 2.33. The van der Waals surface area contributed by atoms with Crippen LogP contribution in [-0.2, 0) is 16.6 Å². The molecule has 0 spiro atoms. The Hall–Kier alpha value is -1.20. The van der Waals surface area contributed by atoms with E-state index < -0.39 is 10.8 Å². The molecule has 0 heterocycles. The van der Waals surface area contributed by atoms with Gasteiger partial charge in [-0.2, -0.15) is 0 Å². The van der Waals surface area contributed by atoms with Gasteiger partial charge in [-0.15, -0.1) is 0 Å². The highest BCUT2D eigenvalue weighted by Gasteiger charge is 2.10. The second kappa shape index (κ2) is 5.84. The van der Waals surface area contributed by atoms with Crippen molar-refractivity contribution in [2.24, 2.45) is 0 Å². The van der Waals surface area contributed by atoms with E-state index in [2.05, 4.69) is 15.9 Å². The number of hydrogen-bond donors (Lipinski definition) is 1. The number of halogens is 2. The van der Waals surface area contributed by atoms with E-state index in [1.807, 2.05) is 6.92 Å². The van der Waals surface area contributed by atoms with Gasteiger partial charge in [0.25, 0.3) is 0 Å². The van der Waals surface area contributed by atoms with E-state index in [9.17, 15) is 8.60 Å². The van der Waals surface area contributed by atoms with E-state index in [1.165, 1.54) is 6.07 Å². The molecule has 2 rings (SSSR count). The molecule has 0 saturated carbocycles. The maximum atomic E-state index is 13.1. The molecular formula is C14H13BrFNOS. The molecule has 2 N–H and O–H groups in total. The molecule has 2 aromatic rings. The van der Waals surface area contributed by atoms with Gasteiger partial charge in [0, 0.05) is 10.6 Å². The number of aryl methyl sites for hydroxylation is 1. The molecule has 0 aliphatic heterocycles. The number of benzene rings is 2. The van der Waals surface area contributed by atoms with Crippen molar-refractivity contribution in [1.29, 1.82) is 0 Å². The molecule has 0 saturated heterocycles. The van der Waals surface area contributed by atoms with Crippen molar-refractivity contribution in [3.05, 3.63) is 57.8 Å². The molecule has 0 aliphatic rings. The molecule has 0 aliphatic carbocycles. The minimum atomic E-state index is -1.17. The minimum absolute atomic E-state index is 0.321. The van der Waals surface area contributed by atoms with Crippen LogP contribution in [0.4, 0.5) is 10.1 Å². The zero-order chi connectivity index (χ0) is 14.0. The van der Waals surface area contributed by atoms with Gasteiger partial charge < -0.3 is 5.73 Å². The smallest absolute Gasteiger partial charge is 0.137 e. The first kappa shape index (κ1) is 14.2. The standard InChI is InChI=1S/C14H13BrFNOS/c1-9-6-11(17)3-5-14(9)19(18)8-10-2-4-13(16)12(15)7-10/h2-7H,8,17H2,1H3. The molecule has 0 amide bonds. The lowest BCUT2D eigenvalue weighted by atomic mass is 10.2. The van der Waals surface area contributed by atoms with Gasteiger partial charge in [0.05, 0.1) is 21.0 Å². The third kappa shape index (κ3) is 3.42. The van der Waals surface area contributed by atoms with Crippen LogP contribution in [-0.4, -0.2) is 4.21 Å². The topological polar surface area (TPSA) is 43.1 Å². The Morgan fingerprint density at radius 3 is 2.63 bits per heavy atom. The van der Waals surface area contributed by atoms with E-state index in [-0.39, 0.29) is 5.82 Å². The van der Waals surface area contributed by atoms with Crippen LogP contribution in [0.3, 0.4) is 0 Å². The minimum Gasteiger partial charge on any atom is -0.399 e. The fraction of sp³-hybridized carbons (Fsp3) is 0.143. The van der Waals surface area contributed by atoms with E-state index in [4.69, 9.17) is 5.73 Å². The number of rotatable bonds is 3. The molecule has 5 heteroatoms. The predicted octanol–water partition coefficient (Wildman–Crippen LogP) is 3.79. The second-order valence-electron chi connectivity index (χ2n) is 4.26. The van der Waals surface area contributed by atoms with Gasteiger partial charge in [0.1, 0.15) is 5.82 Å². The summed E-state index contributed by atoms with van der Waals surface area (Å²) in [6.45, 7) is 1.88. The van der Waals surface area contributed by atoms with Gasteiger partial charge >= 0.3 is 0 Å². The number of anilines is 1. The van der Waals surface area contributed by atoms with Gasteiger partial charge in [-0.05, 0) is 64.3 Å². The molecule has 0 fully saturated rings. The molecule has 1 atom stereocenters. The Morgan fingerprint density at radius 1 is 1.26 bits per heavy atom. The maximum absolute atomic E-state index is 13.1. The highest BCUT2D eigenvalue weighted by atomic mass is 79.9.